The van der Waals surface area contributed by atoms with Gasteiger partial charge in [0.05, 0.1) is 0 Å². The number of thiophene rings is 1. The van der Waals surface area contributed by atoms with Crippen LogP contribution in [0, 0.1) is 12.8 Å². The Balaban J connectivity index is 1.41. The fraction of sp³-hybridized carbons (Fsp3) is 0.545. The van der Waals surface area contributed by atoms with Gasteiger partial charge in [-0.3, -0.25) is 4.79 Å². The first-order chi connectivity index (χ1) is 14.9. The van der Waals surface area contributed by atoms with Crippen molar-refractivity contribution in [3.63, 3.8) is 0 Å². The average molecular weight is 464 g/mol. The monoisotopic (exact) mass is 463 g/mol. The van der Waals surface area contributed by atoms with Crippen LogP contribution in [0.25, 0.3) is 12.2 Å². The van der Waals surface area contributed by atoms with E-state index in [1.54, 1.807) is 24.3 Å². The van der Waals surface area contributed by atoms with E-state index in [0.717, 1.165) is 17.7 Å². The number of aromatic nitrogens is 1. The summed E-state index contributed by atoms with van der Waals surface area (Å²) < 4.78 is 33.4. The fourth-order valence-electron chi connectivity index (χ4n) is 4.40. The molecule has 2 fully saturated rings. The van der Waals surface area contributed by atoms with Crippen LogP contribution in [0.3, 0.4) is 0 Å². The summed E-state index contributed by atoms with van der Waals surface area (Å²) in [4.78, 5) is 13.8. The van der Waals surface area contributed by atoms with E-state index in [0.29, 0.717) is 31.6 Å². The third-order valence-electron chi connectivity index (χ3n) is 6.15. The summed E-state index contributed by atoms with van der Waals surface area (Å²) in [5, 5.41) is 9.03. The molecular weight excluding hydrogens is 434 g/mol. The van der Waals surface area contributed by atoms with Gasteiger partial charge in [-0.1, -0.05) is 30.5 Å². The number of hydrogen-bond donors (Lipinski definition) is 1. The van der Waals surface area contributed by atoms with Gasteiger partial charge in [0.2, 0.25) is 15.9 Å². The largest absolute Gasteiger partial charge is 0.355 e. The van der Waals surface area contributed by atoms with Crippen LogP contribution >= 0.6 is 11.3 Å². The Bertz CT molecular complexity index is 1010. The Morgan fingerprint density at radius 1 is 1.19 bits per heavy atom. The number of amides is 1. The van der Waals surface area contributed by atoms with Crippen molar-refractivity contribution < 1.29 is 17.7 Å². The van der Waals surface area contributed by atoms with E-state index in [1.165, 1.54) is 23.6 Å². The smallest absolute Gasteiger partial charge is 0.248 e. The van der Waals surface area contributed by atoms with Crippen LogP contribution in [0.4, 0.5) is 0 Å². The molecular formula is C22H29N3O4S2. The molecule has 0 atom stereocenters. The summed E-state index contributed by atoms with van der Waals surface area (Å²) in [5.41, 5.74) is 0.350. The lowest BCUT2D eigenvalue weighted by Gasteiger charge is -2.32. The Labute approximate surface area is 187 Å². The molecule has 1 saturated carbocycles. The highest BCUT2D eigenvalue weighted by Crippen LogP contribution is 2.30. The quantitative estimate of drug-likeness (QED) is 0.697. The van der Waals surface area contributed by atoms with Crippen molar-refractivity contribution in [1.82, 2.24) is 14.8 Å². The lowest BCUT2D eigenvalue weighted by atomic mass is 9.93. The molecule has 0 radical (unpaired) electrons. The number of hydrogen-bond acceptors (Lipinski definition) is 6. The minimum Gasteiger partial charge on any atom is -0.355 e. The van der Waals surface area contributed by atoms with Crippen LogP contribution in [-0.4, -0.2) is 42.9 Å². The molecule has 168 valence electrons. The van der Waals surface area contributed by atoms with E-state index >= 15 is 0 Å². The highest BCUT2D eigenvalue weighted by atomic mass is 32.2. The van der Waals surface area contributed by atoms with Crippen LogP contribution in [0.2, 0.25) is 0 Å². The van der Waals surface area contributed by atoms with Crippen molar-refractivity contribution in [3.05, 3.63) is 33.8 Å². The standard InChI is InChI=1S/C22H29N3O4S2/c1-16-21(20(29-24-16)10-9-19-8-5-15-30-19)31(27,28)25-13-11-17(12-14-25)22(26)23-18-6-3-2-4-7-18/h5,8-10,15,17-18H,2-4,6-7,11-14H2,1H3,(H,23,26). The molecule has 1 aliphatic heterocycles. The van der Waals surface area contributed by atoms with Crippen molar-refractivity contribution >= 4 is 39.4 Å². The molecule has 2 aliphatic rings. The zero-order valence-electron chi connectivity index (χ0n) is 17.7. The zero-order chi connectivity index (χ0) is 21.8. The average Bonchev–Trinajstić information content (AvgIpc) is 3.42. The van der Waals surface area contributed by atoms with E-state index in [9.17, 15) is 13.2 Å². The lowest BCUT2D eigenvalue weighted by molar-refractivity contribution is -0.127. The number of aryl methyl sites for hydroxylation is 1. The van der Waals surface area contributed by atoms with Crippen LogP contribution < -0.4 is 5.32 Å². The third kappa shape index (κ3) is 5.10. The molecule has 0 spiro atoms. The fourth-order valence-corrected chi connectivity index (χ4v) is 6.73. The predicted octanol–water partition coefficient (Wildman–Crippen LogP) is 4.06. The van der Waals surface area contributed by atoms with Gasteiger partial charge >= 0.3 is 0 Å². The van der Waals surface area contributed by atoms with E-state index in [4.69, 9.17) is 4.52 Å². The van der Waals surface area contributed by atoms with Gasteiger partial charge < -0.3 is 9.84 Å². The topological polar surface area (TPSA) is 92.5 Å². The second-order valence-electron chi connectivity index (χ2n) is 8.33. The normalized spacial score (nSPS) is 19.8. The summed E-state index contributed by atoms with van der Waals surface area (Å²) >= 11 is 1.56. The minimum atomic E-state index is -3.75. The minimum absolute atomic E-state index is 0.0738. The van der Waals surface area contributed by atoms with Crippen LogP contribution in [-0.2, 0) is 14.8 Å². The number of carbonyl (C=O) groups is 1. The van der Waals surface area contributed by atoms with Crippen molar-refractivity contribution in [2.24, 2.45) is 5.92 Å². The van der Waals surface area contributed by atoms with E-state index < -0.39 is 10.0 Å². The molecule has 4 rings (SSSR count). The highest BCUT2D eigenvalue weighted by Gasteiger charge is 2.36. The highest BCUT2D eigenvalue weighted by molar-refractivity contribution is 7.89. The number of nitrogens with zero attached hydrogens (tertiary/aromatic N) is 2. The molecule has 3 heterocycles. The van der Waals surface area contributed by atoms with Gasteiger partial charge in [0.25, 0.3) is 0 Å². The Morgan fingerprint density at radius 3 is 2.61 bits per heavy atom. The number of piperidine rings is 1. The summed E-state index contributed by atoms with van der Waals surface area (Å²) in [7, 11) is -3.75. The van der Waals surface area contributed by atoms with Gasteiger partial charge in [0.15, 0.2) is 10.7 Å². The third-order valence-corrected chi connectivity index (χ3v) is 9.04. The number of carbonyl (C=O) groups excluding carboxylic acids is 1. The Hall–Kier alpha value is -1.97. The molecule has 1 saturated heterocycles. The number of sulfonamides is 1. The number of nitrogens with one attached hydrogen (secondary N) is 1. The van der Waals surface area contributed by atoms with Gasteiger partial charge in [-0.05, 0) is 56.2 Å². The van der Waals surface area contributed by atoms with Gasteiger partial charge in [0.1, 0.15) is 5.69 Å². The molecule has 0 aromatic carbocycles. The van der Waals surface area contributed by atoms with Gasteiger partial charge in [-0.15, -0.1) is 11.3 Å². The zero-order valence-corrected chi connectivity index (χ0v) is 19.4. The van der Waals surface area contributed by atoms with Gasteiger partial charge in [-0.2, -0.15) is 4.31 Å². The molecule has 31 heavy (non-hydrogen) atoms. The van der Waals surface area contributed by atoms with Crippen LogP contribution in [0.1, 0.15) is 61.3 Å². The van der Waals surface area contributed by atoms with Crippen molar-refractivity contribution in [3.8, 4) is 0 Å². The first-order valence-corrected chi connectivity index (χ1v) is 13.3. The Morgan fingerprint density at radius 2 is 1.94 bits per heavy atom. The van der Waals surface area contributed by atoms with Crippen molar-refractivity contribution in [2.75, 3.05) is 13.1 Å². The maximum Gasteiger partial charge on any atom is 0.248 e. The summed E-state index contributed by atoms with van der Waals surface area (Å²) in [6.45, 7) is 2.29. The van der Waals surface area contributed by atoms with Crippen LogP contribution in [0.5, 0.6) is 0 Å². The second kappa shape index (κ2) is 9.67. The summed E-state index contributed by atoms with van der Waals surface area (Å²) in [6.07, 6.45) is 10.2. The SMILES string of the molecule is Cc1noc(C=Cc2cccs2)c1S(=O)(=O)N1CCC(C(=O)NC2CCCCC2)CC1. The molecule has 7 nitrogen and oxygen atoms in total. The first kappa shape index (κ1) is 22.2. The molecule has 1 aliphatic carbocycles. The van der Waals surface area contributed by atoms with Crippen LogP contribution in [0.15, 0.2) is 26.9 Å². The molecule has 1 N–H and O–H groups in total. The number of rotatable bonds is 6. The maximum absolute atomic E-state index is 13.3. The lowest BCUT2D eigenvalue weighted by Crippen LogP contribution is -2.45. The van der Waals surface area contributed by atoms with Gasteiger partial charge in [-0.25, -0.2) is 8.42 Å². The second-order valence-corrected chi connectivity index (χ2v) is 11.2. The predicted molar refractivity (Wildman–Crippen MR) is 121 cm³/mol. The summed E-state index contributed by atoms with van der Waals surface area (Å²) in [6, 6.07) is 4.16. The molecule has 2 aromatic heterocycles. The molecule has 1 amide bonds. The maximum atomic E-state index is 13.3. The van der Waals surface area contributed by atoms with E-state index in [1.807, 2.05) is 23.6 Å². The van der Waals surface area contributed by atoms with E-state index in [-0.39, 0.29) is 28.5 Å². The molecule has 9 heteroatoms. The molecule has 2 aromatic rings. The molecule has 0 unspecified atom stereocenters. The Kier molecular flexibility index (Phi) is 6.93. The first-order valence-electron chi connectivity index (χ1n) is 10.9. The van der Waals surface area contributed by atoms with Gasteiger partial charge in [0, 0.05) is 29.9 Å². The summed E-state index contributed by atoms with van der Waals surface area (Å²) in [5.74, 6) is 0.183. The van der Waals surface area contributed by atoms with E-state index in [2.05, 4.69) is 10.5 Å². The van der Waals surface area contributed by atoms with Crippen molar-refractivity contribution in [1.29, 1.82) is 0 Å². The van der Waals surface area contributed by atoms with Crippen molar-refractivity contribution in [2.45, 2.75) is 62.8 Å². The molecule has 0 bridgehead atoms.